The number of hydrogen-bond acceptors (Lipinski definition) is 2. The molecule has 0 bridgehead atoms. The summed E-state index contributed by atoms with van der Waals surface area (Å²) in [4.78, 5) is 4.47. The molecular weight excluding hydrogens is 209 g/mol. The van der Waals surface area contributed by atoms with Crippen molar-refractivity contribution in [3.05, 3.63) is 48.0 Å². The number of aryl methyl sites for hydroxylation is 1. The first kappa shape index (κ1) is 10.1. The molecule has 2 aromatic carbocycles. The SMILES string of the molecule is [B]c1ccc(-c2nc3cc(C)ccc3o2)cc1. The van der Waals surface area contributed by atoms with Crippen LogP contribution < -0.4 is 5.46 Å². The monoisotopic (exact) mass is 219 g/mol. The van der Waals surface area contributed by atoms with Crippen LogP contribution in [0.3, 0.4) is 0 Å². The third-order valence-electron chi connectivity index (χ3n) is 2.70. The zero-order chi connectivity index (χ0) is 11.8. The second-order valence-corrected chi connectivity index (χ2v) is 4.11. The van der Waals surface area contributed by atoms with Crippen LogP contribution in [0.2, 0.25) is 0 Å². The largest absolute Gasteiger partial charge is 0.436 e. The molecule has 1 heterocycles. The molecule has 2 nitrogen and oxygen atoms in total. The third-order valence-corrected chi connectivity index (χ3v) is 2.70. The normalized spacial score (nSPS) is 10.9. The molecule has 17 heavy (non-hydrogen) atoms. The van der Waals surface area contributed by atoms with Crippen LogP contribution >= 0.6 is 0 Å². The molecule has 0 unspecified atom stereocenters. The summed E-state index contributed by atoms with van der Waals surface area (Å²) in [5.41, 5.74) is 4.54. The molecule has 1 aromatic heterocycles. The van der Waals surface area contributed by atoms with E-state index in [1.807, 2.05) is 49.4 Å². The Labute approximate surface area is 101 Å². The van der Waals surface area contributed by atoms with Crippen molar-refractivity contribution in [3.8, 4) is 11.5 Å². The lowest BCUT2D eigenvalue weighted by molar-refractivity contribution is 0.620. The molecule has 0 aliphatic heterocycles. The summed E-state index contributed by atoms with van der Waals surface area (Å²) in [7, 11) is 5.65. The Bertz CT molecular complexity index is 670. The van der Waals surface area contributed by atoms with Crippen LogP contribution in [0.5, 0.6) is 0 Å². The quantitative estimate of drug-likeness (QED) is 0.588. The average molecular weight is 219 g/mol. The van der Waals surface area contributed by atoms with Crippen molar-refractivity contribution in [2.45, 2.75) is 6.92 Å². The van der Waals surface area contributed by atoms with Crippen LogP contribution in [0.25, 0.3) is 22.6 Å². The van der Waals surface area contributed by atoms with E-state index < -0.39 is 0 Å². The maximum Gasteiger partial charge on any atom is 0.227 e. The van der Waals surface area contributed by atoms with E-state index in [1.165, 1.54) is 5.56 Å². The maximum absolute atomic E-state index is 5.70. The third kappa shape index (κ3) is 1.84. The molecule has 0 spiro atoms. The van der Waals surface area contributed by atoms with E-state index in [-0.39, 0.29) is 0 Å². The molecule has 3 heteroatoms. The van der Waals surface area contributed by atoms with Gasteiger partial charge in [-0.1, -0.05) is 35.8 Å². The first-order valence-corrected chi connectivity index (χ1v) is 5.45. The lowest BCUT2D eigenvalue weighted by Gasteiger charge is -1.95. The van der Waals surface area contributed by atoms with Gasteiger partial charge in [-0.3, -0.25) is 0 Å². The Hall–Kier alpha value is -2.03. The second kappa shape index (κ2) is 3.77. The molecule has 0 amide bonds. The first-order chi connectivity index (χ1) is 8.22. The van der Waals surface area contributed by atoms with Crippen LogP contribution in [0.4, 0.5) is 0 Å². The van der Waals surface area contributed by atoms with Crippen LogP contribution in [0.15, 0.2) is 46.9 Å². The van der Waals surface area contributed by atoms with Gasteiger partial charge in [0.15, 0.2) is 5.58 Å². The molecule has 0 saturated carbocycles. The van der Waals surface area contributed by atoms with Gasteiger partial charge < -0.3 is 4.42 Å². The summed E-state index contributed by atoms with van der Waals surface area (Å²) in [6.45, 7) is 2.04. The molecule has 80 valence electrons. The van der Waals surface area contributed by atoms with Crippen molar-refractivity contribution in [2.24, 2.45) is 0 Å². The maximum atomic E-state index is 5.70. The summed E-state index contributed by atoms with van der Waals surface area (Å²) in [6.07, 6.45) is 0. The molecule has 3 aromatic rings. The van der Waals surface area contributed by atoms with E-state index in [2.05, 4.69) is 4.98 Å². The number of nitrogens with zero attached hydrogens (tertiary/aromatic N) is 1. The molecular formula is C14H10BNO. The van der Waals surface area contributed by atoms with Crippen molar-refractivity contribution in [2.75, 3.05) is 0 Å². The van der Waals surface area contributed by atoms with Crippen molar-refractivity contribution in [1.29, 1.82) is 0 Å². The Morgan fingerprint density at radius 1 is 1.06 bits per heavy atom. The summed E-state index contributed by atoms with van der Waals surface area (Å²) in [5, 5.41) is 0. The zero-order valence-electron chi connectivity index (χ0n) is 9.47. The average Bonchev–Trinajstić information content (AvgIpc) is 2.72. The van der Waals surface area contributed by atoms with Crippen molar-refractivity contribution < 1.29 is 4.42 Å². The Morgan fingerprint density at radius 2 is 1.82 bits per heavy atom. The van der Waals surface area contributed by atoms with Crippen LogP contribution in [0.1, 0.15) is 5.56 Å². The molecule has 0 aliphatic rings. The van der Waals surface area contributed by atoms with Gasteiger partial charge in [0.25, 0.3) is 0 Å². The van der Waals surface area contributed by atoms with Crippen molar-refractivity contribution in [1.82, 2.24) is 4.98 Å². The predicted molar refractivity (Wildman–Crippen MR) is 69.6 cm³/mol. The van der Waals surface area contributed by atoms with Gasteiger partial charge >= 0.3 is 0 Å². The topological polar surface area (TPSA) is 26.0 Å². The molecule has 3 rings (SSSR count). The van der Waals surface area contributed by atoms with Crippen LogP contribution in [-0.4, -0.2) is 12.8 Å². The summed E-state index contributed by atoms with van der Waals surface area (Å²) in [6, 6.07) is 13.5. The molecule has 0 fully saturated rings. The van der Waals surface area contributed by atoms with E-state index in [4.69, 9.17) is 12.3 Å². The fourth-order valence-electron chi connectivity index (χ4n) is 1.79. The minimum Gasteiger partial charge on any atom is -0.436 e. The lowest BCUT2D eigenvalue weighted by Crippen LogP contribution is -1.99. The Morgan fingerprint density at radius 3 is 2.59 bits per heavy atom. The highest BCUT2D eigenvalue weighted by atomic mass is 16.3. The lowest BCUT2D eigenvalue weighted by atomic mass is 9.95. The minimum atomic E-state index is 0.630. The van der Waals surface area contributed by atoms with E-state index in [1.54, 1.807) is 0 Å². The number of aromatic nitrogens is 1. The highest BCUT2D eigenvalue weighted by Crippen LogP contribution is 2.24. The summed E-state index contributed by atoms with van der Waals surface area (Å²) in [5.74, 6) is 0.630. The van der Waals surface area contributed by atoms with Gasteiger partial charge in [-0.05, 0) is 24.6 Å². The van der Waals surface area contributed by atoms with Gasteiger partial charge in [0.2, 0.25) is 5.89 Å². The molecule has 2 radical (unpaired) electrons. The van der Waals surface area contributed by atoms with E-state index in [9.17, 15) is 0 Å². The number of oxazole rings is 1. The van der Waals surface area contributed by atoms with Gasteiger partial charge in [0.05, 0.1) is 0 Å². The van der Waals surface area contributed by atoms with Gasteiger partial charge in [0.1, 0.15) is 13.4 Å². The van der Waals surface area contributed by atoms with Gasteiger partial charge in [-0.15, -0.1) is 0 Å². The fraction of sp³-hybridized carbons (Fsp3) is 0.0714. The van der Waals surface area contributed by atoms with Gasteiger partial charge in [-0.25, -0.2) is 4.98 Å². The summed E-state index contributed by atoms with van der Waals surface area (Å²) < 4.78 is 5.70. The first-order valence-electron chi connectivity index (χ1n) is 5.45. The molecule has 0 N–H and O–H groups in total. The van der Waals surface area contributed by atoms with Gasteiger partial charge in [0, 0.05) is 5.56 Å². The predicted octanol–water partition coefficient (Wildman–Crippen LogP) is 2.60. The van der Waals surface area contributed by atoms with Crippen LogP contribution in [-0.2, 0) is 0 Å². The Kier molecular flexibility index (Phi) is 2.25. The number of hydrogen-bond donors (Lipinski definition) is 0. The zero-order valence-corrected chi connectivity index (χ0v) is 9.47. The number of rotatable bonds is 1. The van der Waals surface area contributed by atoms with Crippen molar-refractivity contribution in [3.63, 3.8) is 0 Å². The number of fused-ring (bicyclic) bond motifs is 1. The molecule has 0 atom stereocenters. The van der Waals surface area contributed by atoms with Gasteiger partial charge in [-0.2, -0.15) is 0 Å². The molecule has 0 saturated heterocycles. The highest BCUT2D eigenvalue weighted by Gasteiger charge is 2.07. The minimum absolute atomic E-state index is 0.630. The van der Waals surface area contributed by atoms with Crippen LogP contribution in [0, 0.1) is 6.92 Å². The van der Waals surface area contributed by atoms with E-state index >= 15 is 0 Å². The van der Waals surface area contributed by atoms with E-state index in [0.717, 1.165) is 22.1 Å². The fourth-order valence-corrected chi connectivity index (χ4v) is 1.79. The highest BCUT2D eigenvalue weighted by molar-refractivity contribution is 6.32. The summed E-state index contributed by atoms with van der Waals surface area (Å²) >= 11 is 0. The molecule has 0 aliphatic carbocycles. The second-order valence-electron chi connectivity index (χ2n) is 4.11. The Balaban J connectivity index is 2.14. The standard InChI is InChI=1S/C14H10BNO/c1-9-2-7-13-12(8-9)16-14(17-13)10-3-5-11(15)6-4-10/h2-8H,1H3. The van der Waals surface area contributed by atoms with E-state index in [0.29, 0.717) is 5.89 Å². The smallest absolute Gasteiger partial charge is 0.227 e. The number of benzene rings is 2. The van der Waals surface area contributed by atoms with Crippen molar-refractivity contribution >= 4 is 24.4 Å².